The molecule has 0 bridgehead atoms. The second-order valence-corrected chi connectivity index (χ2v) is 6.91. The molecule has 2 N–H and O–H groups in total. The zero-order valence-electron chi connectivity index (χ0n) is 14.7. The van der Waals surface area contributed by atoms with Crippen molar-refractivity contribution in [3.63, 3.8) is 0 Å². The number of aromatic amines is 1. The Balaban J connectivity index is 1.27. The zero-order valence-corrected chi connectivity index (χ0v) is 14.7. The number of hydrogen-bond donors (Lipinski definition) is 2. The number of H-pyrrole nitrogens is 1. The van der Waals surface area contributed by atoms with Gasteiger partial charge in [0.2, 0.25) is 5.95 Å². The van der Waals surface area contributed by atoms with Gasteiger partial charge in [-0.3, -0.25) is 4.68 Å². The second kappa shape index (κ2) is 7.68. The summed E-state index contributed by atoms with van der Waals surface area (Å²) >= 11 is 0. The normalized spacial score (nSPS) is 14.8. The quantitative estimate of drug-likeness (QED) is 0.679. The molecule has 0 saturated heterocycles. The molecule has 6 nitrogen and oxygen atoms in total. The molecule has 0 unspecified atom stereocenters. The van der Waals surface area contributed by atoms with Gasteiger partial charge in [0, 0.05) is 12.7 Å². The van der Waals surface area contributed by atoms with Crippen molar-refractivity contribution in [3.8, 4) is 11.3 Å². The van der Waals surface area contributed by atoms with Crippen LogP contribution in [0.15, 0.2) is 36.7 Å². The molecule has 2 aromatic heterocycles. The monoisotopic (exact) mass is 354 g/mol. The number of imidazole rings is 1. The van der Waals surface area contributed by atoms with Crippen molar-refractivity contribution in [1.29, 1.82) is 0 Å². The van der Waals surface area contributed by atoms with Crippen LogP contribution in [0.25, 0.3) is 11.3 Å². The number of benzene rings is 1. The lowest BCUT2D eigenvalue weighted by atomic mass is 10.0. The molecule has 7 heteroatoms. The maximum Gasteiger partial charge on any atom is 0.200 e. The third-order valence-corrected chi connectivity index (χ3v) is 4.92. The first kappa shape index (κ1) is 16.8. The topological polar surface area (TPSA) is 71.4 Å². The minimum Gasteiger partial charge on any atom is -0.354 e. The van der Waals surface area contributed by atoms with E-state index in [4.69, 9.17) is 0 Å². The third-order valence-electron chi connectivity index (χ3n) is 4.92. The molecule has 1 aliphatic rings. The minimum absolute atomic E-state index is 0.244. The predicted octanol–water partition coefficient (Wildman–Crippen LogP) is 3.65. The molecule has 1 saturated carbocycles. The van der Waals surface area contributed by atoms with Crippen LogP contribution in [-0.4, -0.2) is 31.5 Å². The Morgan fingerprint density at radius 3 is 2.81 bits per heavy atom. The number of halogens is 1. The summed E-state index contributed by atoms with van der Waals surface area (Å²) in [7, 11) is 0. The van der Waals surface area contributed by atoms with E-state index in [9.17, 15) is 4.39 Å². The number of anilines is 1. The summed E-state index contributed by atoms with van der Waals surface area (Å²) in [6.45, 7) is 1.42. The lowest BCUT2D eigenvalue weighted by molar-refractivity contribution is 0.538. The molecule has 0 radical (unpaired) electrons. The molecule has 2 heterocycles. The SMILES string of the molecule is Fc1ccc(-c2cnc(NCCn3cc(CC4CCCC4)nn3)[nH]2)cc1. The van der Waals surface area contributed by atoms with E-state index in [2.05, 4.69) is 25.6 Å². The Hall–Kier alpha value is -2.70. The number of hydrogen-bond acceptors (Lipinski definition) is 4. The maximum absolute atomic E-state index is 13.0. The molecule has 0 amide bonds. The van der Waals surface area contributed by atoms with Gasteiger partial charge in [0.15, 0.2) is 0 Å². The van der Waals surface area contributed by atoms with E-state index in [0.717, 1.165) is 35.8 Å². The van der Waals surface area contributed by atoms with Crippen molar-refractivity contribution < 1.29 is 4.39 Å². The van der Waals surface area contributed by atoms with Crippen molar-refractivity contribution in [2.75, 3.05) is 11.9 Å². The standard InChI is InChI=1S/C19H23FN6/c20-16-7-5-15(6-8-16)18-12-22-19(23-18)21-9-10-26-13-17(24-25-26)11-14-3-1-2-4-14/h5-8,12-14H,1-4,9-11H2,(H2,21,22,23). The van der Waals surface area contributed by atoms with Crippen LogP contribution in [0, 0.1) is 11.7 Å². The number of rotatable bonds is 7. The highest BCUT2D eigenvalue weighted by Crippen LogP contribution is 2.27. The smallest absolute Gasteiger partial charge is 0.200 e. The van der Waals surface area contributed by atoms with Crippen LogP contribution in [0.5, 0.6) is 0 Å². The highest BCUT2D eigenvalue weighted by molar-refractivity contribution is 5.60. The first-order valence-electron chi connectivity index (χ1n) is 9.20. The molecule has 26 heavy (non-hydrogen) atoms. The predicted molar refractivity (Wildman–Crippen MR) is 98.2 cm³/mol. The van der Waals surface area contributed by atoms with E-state index < -0.39 is 0 Å². The molecule has 136 valence electrons. The summed E-state index contributed by atoms with van der Waals surface area (Å²) in [5, 5.41) is 11.7. The molecule has 1 aliphatic carbocycles. The maximum atomic E-state index is 13.0. The van der Waals surface area contributed by atoms with Crippen LogP contribution in [-0.2, 0) is 13.0 Å². The summed E-state index contributed by atoms with van der Waals surface area (Å²) in [4.78, 5) is 7.51. The van der Waals surface area contributed by atoms with Crippen LogP contribution >= 0.6 is 0 Å². The van der Waals surface area contributed by atoms with Crippen LogP contribution in [0.2, 0.25) is 0 Å². The second-order valence-electron chi connectivity index (χ2n) is 6.91. The fourth-order valence-corrected chi connectivity index (χ4v) is 3.53. The first-order valence-corrected chi connectivity index (χ1v) is 9.20. The van der Waals surface area contributed by atoms with Gasteiger partial charge in [0.25, 0.3) is 0 Å². The molecule has 3 aromatic rings. The highest BCUT2D eigenvalue weighted by Gasteiger charge is 2.16. The number of aromatic nitrogens is 5. The summed E-state index contributed by atoms with van der Waals surface area (Å²) in [6, 6.07) is 6.34. The molecule has 1 fully saturated rings. The van der Waals surface area contributed by atoms with E-state index in [1.165, 1.54) is 37.8 Å². The molecule has 1 aromatic carbocycles. The average molecular weight is 354 g/mol. The fraction of sp³-hybridized carbons (Fsp3) is 0.421. The van der Waals surface area contributed by atoms with Gasteiger partial charge >= 0.3 is 0 Å². The average Bonchev–Trinajstić information content (AvgIpc) is 3.39. The largest absolute Gasteiger partial charge is 0.354 e. The molecule has 0 aliphatic heterocycles. The fourth-order valence-electron chi connectivity index (χ4n) is 3.53. The Kier molecular flexibility index (Phi) is 4.95. The van der Waals surface area contributed by atoms with Gasteiger partial charge in [-0.1, -0.05) is 30.9 Å². The Bertz CT molecular complexity index is 832. The van der Waals surface area contributed by atoms with E-state index in [1.54, 1.807) is 18.3 Å². The molecule has 0 spiro atoms. The van der Waals surface area contributed by atoms with E-state index in [1.807, 2.05) is 10.9 Å². The van der Waals surface area contributed by atoms with E-state index in [-0.39, 0.29) is 5.82 Å². The van der Waals surface area contributed by atoms with Crippen molar-refractivity contribution in [3.05, 3.63) is 48.2 Å². The van der Waals surface area contributed by atoms with Crippen LogP contribution in [0.4, 0.5) is 10.3 Å². The van der Waals surface area contributed by atoms with Gasteiger partial charge in [-0.15, -0.1) is 5.10 Å². The molecular formula is C19H23FN6. The van der Waals surface area contributed by atoms with Crippen molar-refractivity contribution in [2.24, 2.45) is 5.92 Å². The molecule has 4 rings (SSSR count). The Morgan fingerprint density at radius 1 is 1.19 bits per heavy atom. The first-order chi connectivity index (χ1) is 12.8. The van der Waals surface area contributed by atoms with Crippen LogP contribution in [0.1, 0.15) is 31.4 Å². The van der Waals surface area contributed by atoms with E-state index >= 15 is 0 Å². The Labute approximate surface area is 151 Å². The molecular weight excluding hydrogens is 331 g/mol. The van der Waals surface area contributed by atoms with Gasteiger partial charge < -0.3 is 10.3 Å². The summed E-state index contributed by atoms with van der Waals surface area (Å²) in [5.74, 6) is 1.23. The Morgan fingerprint density at radius 2 is 2.00 bits per heavy atom. The van der Waals surface area contributed by atoms with Crippen molar-refractivity contribution >= 4 is 5.95 Å². The number of nitrogens with zero attached hydrogens (tertiary/aromatic N) is 4. The van der Waals surface area contributed by atoms with Crippen molar-refractivity contribution in [2.45, 2.75) is 38.6 Å². The van der Waals surface area contributed by atoms with Gasteiger partial charge in [0.05, 0.1) is 24.1 Å². The van der Waals surface area contributed by atoms with Crippen LogP contribution in [0.3, 0.4) is 0 Å². The summed E-state index contributed by atoms with van der Waals surface area (Å²) in [5.41, 5.74) is 2.85. The third kappa shape index (κ3) is 4.09. The molecule has 0 atom stereocenters. The minimum atomic E-state index is -0.244. The van der Waals surface area contributed by atoms with Gasteiger partial charge in [-0.05, 0) is 42.2 Å². The lowest BCUT2D eigenvalue weighted by Gasteiger charge is -2.04. The summed E-state index contributed by atoms with van der Waals surface area (Å²) < 4.78 is 14.9. The lowest BCUT2D eigenvalue weighted by Crippen LogP contribution is -2.11. The number of nitrogens with one attached hydrogen (secondary N) is 2. The van der Waals surface area contributed by atoms with E-state index in [0.29, 0.717) is 12.5 Å². The van der Waals surface area contributed by atoms with Crippen molar-refractivity contribution in [1.82, 2.24) is 25.0 Å². The zero-order chi connectivity index (χ0) is 17.8. The van der Waals surface area contributed by atoms with Gasteiger partial charge in [0.1, 0.15) is 5.82 Å². The van der Waals surface area contributed by atoms with Gasteiger partial charge in [-0.2, -0.15) is 0 Å². The highest BCUT2D eigenvalue weighted by atomic mass is 19.1. The van der Waals surface area contributed by atoms with Crippen LogP contribution < -0.4 is 5.32 Å². The van der Waals surface area contributed by atoms with Gasteiger partial charge in [-0.25, -0.2) is 9.37 Å². The summed E-state index contributed by atoms with van der Waals surface area (Å²) in [6.07, 6.45) is 10.2.